The van der Waals surface area contributed by atoms with E-state index in [-0.39, 0.29) is 0 Å². The Balaban J connectivity index is 1.92. The molecule has 0 spiro atoms. The predicted molar refractivity (Wildman–Crippen MR) is 101 cm³/mol. The van der Waals surface area contributed by atoms with Gasteiger partial charge in [0.2, 0.25) is 0 Å². The number of unbranched alkanes of at least 4 members (excludes halogenated alkanes) is 9. The predicted octanol–water partition coefficient (Wildman–Crippen LogP) is 5.88. The molecule has 0 amide bonds. The van der Waals surface area contributed by atoms with Crippen LogP contribution in [0.2, 0.25) is 0 Å². The molecule has 2 N–H and O–H groups in total. The van der Waals surface area contributed by atoms with E-state index in [1.807, 2.05) is 0 Å². The third-order valence-corrected chi connectivity index (χ3v) is 4.36. The van der Waals surface area contributed by atoms with Crippen LogP contribution in [0, 0.1) is 0 Å². The molecule has 0 saturated carbocycles. The molecule has 0 unspecified atom stereocenters. The summed E-state index contributed by atoms with van der Waals surface area (Å²) in [5.74, 6) is 0.998. The minimum atomic E-state index is 0.761. The second kappa shape index (κ2) is 14.6. The third-order valence-electron chi connectivity index (χ3n) is 4.36. The molecule has 1 aromatic carbocycles. The lowest BCUT2D eigenvalue weighted by Crippen LogP contribution is -2.00. The number of hydrogen-bond acceptors (Lipinski definition) is 2. The Morgan fingerprint density at radius 1 is 0.739 bits per heavy atom. The van der Waals surface area contributed by atoms with Gasteiger partial charge in [0, 0.05) is 0 Å². The molecule has 0 heterocycles. The van der Waals surface area contributed by atoms with Crippen LogP contribution in [0.3, 0.4) is 0 Å². The highest BCUT2D eigenvalue weighted by molar-refractivity contribution is 5.27. The maximum Gasteiger partial charge on any atom is 0.119 e. The molecule has 2 heteroatoms. The van der Waals surface area contributed by atoms with Crippen LogP contribution >= 0.6 is 0 Å². The van der Waals surface area contributed by atoms with Gasteiger partial charge in [-0.2, -0.15) is 0 Å². The average molecular weight is 320 g/mol. The van der Waals surface area contributed by atoms with Crippen molar-refractivity contribution in [2.24, 2.45) is 5.73 Å². The largest absolute Gasteiger partial charge is 0.494 e. The molecule has 0 aliphatic rings. The van der Waals surface area contributed by atoms with Gasteiger partial charge in [0.25, 0.3) is 0 Å². The summed E-state index contributed by atoms with van der Waals surface area (Å²) in [5.41, 5.74) is 6.88. The van der Waals surface area contributed by atoms with E-state index < -0.39 is 0 Å². The normalized spacial score (nSPS) is 10.9. The molecule has 0 aliphatic carbocycles. The van der Waals surface area contributed by atoms with Crippen LogP contribution < -0.4 is 10.5 Å². The van der Waals surface area contributed by atoms with Gasteiger partial charge in [-0.25, -0.2) is 0 Å². The molecule has 1 aromatic rings. The number of ether oxygens (including phenoxy) is 1. The quantitative estimate of drug-likeness (QED) is 0.410. The Bertz CT molecular complexity index is 361. The van der Waals surface area contributed by atoms with Gasteiger partial charge in [-0.05, 0) is 43.5 Å². The first kappa shape index (κ1) is 20.0. The van der Waals surface area contributed by atoms with Gasteiger partial charge in [-0.1, -0.05) is 76.8 Å². The van der Waals surface area contributed by atoms with Crippen molar-refractivity contribution in [2.75, 3.05) is 13.2 Å². The Morgan fingerprint density at radius 2 is 1.30 bits per heavy atom. The molecule has 0 atom stereocenters. The number of nitrogens with two attached hydrogens (primary N) is 1. The molecular weight excluding hydrogens is 282 g/mol. The van der Waals surface area contributed by atoms with Gasteiger partial charge in [0.15, 0.2) is 0 Å². The molecule has 132 valence electrons. The minimum Gasteiger partial charge on any atom is -0.494 e. The average Bonchev–Trinajstić information content (AvgIpc) is 2.59. The van der Waals surface area contributed by atoms with Crippen LogP contribution in [0.15, 0.2) is 24.3 Å². The van der Waals surface area contributed by atoms with E-state index in [0.29, 0.717) is 0 Å². The fraction of sp³-hybridized carbons (Fsp3) is 0.714. The first-order valence-electron chi connectivity index (χ1n) is 9.78. The van der Waals surface area contributed by atoms with Gasteiger partial charge in [0.1, 0.15) is 5.75 Å². The van der Waals surface area contributed by atoms with Crippen molar-refractivity contribution in [1.82, 2.24) is 0 Å². The Hall–Kier alpha value is -1.02. The summed E-state index contributed by atoms with van der Waals surface area (Å²) in [6, 6.07) is 8.48. The van der Waals surface area contributed by atoms with E-state index in [1.165, 1.54) is 69.8 Å². The lowest BCUT2D eigenvalue weighted by atomic mass is 10.1. The van der Waals surface area contributed by atoms with Crippen molar-refractivity contribution in [1.29, 1.82) is 0 Å². The van der Waals surface area contributed by atoms with E-state index in [4.69, 9.17) is 10.5 Å². The fourth-order valence-corrected chi connectivity index (χ4v) is 2.84. The molecule has 0 aliphatic heterocycles. The smallest absolute Gasteiger partial charge is 0.119 e. The SMILES string of the molecule is CCCCCCCCCCCCOc1ccc(CCCN)cc1. The zero-order valence-corrected chi connectivity index (χ0v) is 15.2. The van der Waals surface area contributed by atoms with E-state index in [0.717, 1.165) is 31.7 Å². The topological polar surface area (TPSA) is 35.2 Å². The highest BCUT2D eigenvalue weighted by Crippen LogP contribution is 2.15. The summed E-state index contributed by atoms with van der Waals surface area (Å²) >= 11 is 0. The molecule has 2 nitrogen and oxygen atoms in total. The van der Waals surface area contributed by atoms with E-state index in [1.54, 1.807) is 0 Å². The molecule has 0 aromatic heterocycles. The fourth-order valence-electron chi connectivity index (χ4n) is 2.84. The molecule has 0 radical (unpaired) electrons. The van der Waals surface area contributed by atoms with E-state index in [2.05, 4.69) is 31.2 Å². The first-order valence-corrected chi connectivity index (χ1v) is 9.78. The van der Waals surface area contributed by atoms with Gasteiger partial charge in [-0.15, -0.1) is 0 Å². The maximum atomic E-state index is 5.81. The van der Waals surface area contributed by atoms with Crippen LogP contribution in [0.25, 0.3) is 0 Å². The number of hydrogen-bond donors (Lipinski definition) is 1. The Labute approximate surface area is 143 Å². The Morgan fingerprint density at radius 3 is 1.87 bits per heavy atom. The van der Waals surface area contributed by atoms with Gasteiger partial charge < -0.3 is 10.5 Å². The number of aryl methyl sites for hydroxylation is 1. The van der Waals surface area contributed by atoms with Crippen molar-refractivity contribution in [3.63, 3.8) is 0 Å². The van der Waals surface area contributed by atoms with Crippen molar-refractivity contribution in [2.45, 2.75) is 84.0 Å². The van der Waals surface area contributed by atoms with Crippen molar-refractivity contribution in [3.8, 4) is 5.75 Å². The molecule has 23 heavy (non-hydrogen) atoms. The number of rotatable bonds is 15. The summed E-state index contributed by atoms with van der Waals surface area (Å²) in [7, 11) is 0. The molecule has 0 saturated heterocycles. The van der Waals surface area contributed by atoms with Crippen LogP contribution in [0.1, 0.15) is 83.1 Å². The molecular formula is C21H37NO. The second-order valence-corrected chi connectivity index (χ2v) is 6.57. The minimum absolute atomic E-state index is 0.761. The van der Waals surface area contributed by atoms with Crippen molar-refractivity contribution < 1.29 is 4.74 Å². The maximum absolute atomic E-state index is 5.81. The summed E-state index contributed by atoms with van der Waals surface area (Å²) in [4.78, 5) is 0. The zero-order valence-electron chi connectivity index (χ0n) is 15.2. The van der Waals surface area contributed by atoms with Crippen LogP contribution in [0.5, 0.6) is 5.75 Å². The molecule has 0 fully saturated rings. The Kier molecular flexibility index (Phi) is 12.7. The monoisotopic (exact) mass is 319 g/mol. The van der Waals surface area contributed by atoms with Gasteiger partial charge in [-0.3, -0.25) is 0 Å². The van der Waals surface area contributed by atoms with Crippen LogP contribution in [0.4, 0.5) is 0 Å². The lowest BCUT2D eigenvalue weighted by molar-refractivity contribution is 0.304. The van der Waals surface area contributed by atoms with Gasteiger partial charge in [0.05, 0.1) is 6.61 Å². The van der Waals surface area contributed by atoms with Crippen molar-refractivity contribution in [3.05, 3.63) is 29.8 Å². The molecule has 0 bridgehead atoms. The highest BCUT2D eigenvalue weighted by Gasteiger charge is 1.97. The summed E-state index contributed by atoms with van der Waals surface area (Å²) in [6.45, 7) is 3.88. The zero-order chi connectivity index (χ0) is 16.6. The van der Waals surface area contributed by atoms with Crippen LogP contribution in [-0.2, 0) is 6.42 Å². The standard InChI is InChI=1S/C21H37NO/c1-2-3-4-5-6-7-8-9-10-11-19-23-21-16-14-20(15-17-21)13-12-18-22/h14-17H,2-13,18-19,22H2,1H3. The van der Waals surface area contributed by atoms with Gasteiger partial charge >= 0.3 is 0 Å². The summed E-state index contributed by atoms with van der Waals surface area (Å²) in [6.07, 6.45) is 15.8. The van der Waals surface area contributed by atoms with Crippen molar-refractivity contribution >= 4 is 0 Å². The number of benzene rings is 1. The lowest BCUT2D eigenvalue weighted by Gasteiger charge is -2.07. The van der Waals surface area contributed by atoms with E-state index >= 15 is 0 Å². The third kappa shape index (κ3) is 11.2. The molecule has 1 rings (SSSR count). The second-order valence-electron chi connectivity index (χ2n) is 6.57. The summed E-state index contributed by atoms with van der Waals surface area (Å²) in [5, 5.41) is 0. The van der Waals surface area contributed by atoms with E-state index in [9.17, 15) is 0 Å². The van der Waals surface area contributed by atoms with Crippen LogP contribution in [-0.4, -0.2) is 13.2 Å². The summed E-state index contributed by atoms with van der Waals surface area (Å²) < 4.78 is 5.81. The highest BCUT2D eigenvalue weighted by atomic mass is 16.5. The first-order chi connectivity index (χ1) is 11.4.